The maximum atomic E-state index is 12.0. The first kappa shape index (κ1) is 13.6. The fraction of sp³-hybridized carbons (Fsp3) is 0.467. The van der Waals surface area contributed by atoms with Gasteiger partial charge in [0.2, 0.25) is 0 Å². The van der Waals surface area contributed by atoms with Gasteiger partial charge in [0.1, 0.15) is 12.0 Å². The lowest BCUT2D eigenvalue weighted by atomic mass is 10.0. The molecule has 0 aliphatic carbocycles. The summed E-state index contributed by atoms with van der Waals surface area (Å²) in [5.74, 6) is 0.648. The van der Waals surface area contributed by atoms with Crippen molar-refractivity contribution < 1.29 is 14.3 Å². The van der Waals surface area contributed by atoms with Crippen LogP contribution in [0.1, 0.15) is 36.5 Å². The molecule has 1 aromatic carbocycles. The molecule has 4 heteroatoms. The number of rotatable bonds is 4. The van der Waals surface area contributed by atoms with E-state index < -0.39 is 0 Å². The van der Waals surface area contributed by atoms with Crippen molar-refractivity contribution in [2.75, 3.05) is 13.2 Å². The van der Waals surface area contributed by atoms with E-state index >= 15 is 0 Å². The average Bonchev–Trinajstić information content (AvgIpc) is 2.46. The lowest BCUT2D eigenvalue weighted by Gasteiger charge is -2.33. The Morgan fingerprint density at radius 1 is 1.37 bits per heavy atom. The lowest BCUT2D eigenvalue weighted by molar-refractivity contribution is -0.136. The highest BCUT2D eigenvalue weighted by Gasteiger charge is 2.23. The van der Waals surface area contributed by atoms with E-state index in [1.165, 1.54) is 6.42 Å². The zero-order chi connectivity index (χ0) is 13.7. The molecule has 102 valence electrons. The number of carbonyl (C=O) groups excluding carboxylic acids is 2. The Morgan fingerprint density at radius 3 is 2.74 bits per heavy atom. The molecule has 1 saturated heterocycles. The highest BCUT2D eigenvalue weighted by Crippen LogP contribution is 2.17. The molecule has 1 fully saturated rings. The SMILES string of the molecule is CC1CCCCN1C(=O)COc1ccc(C=O)cc1. The molecule has 0 spiro atoms. The molecule has 1 amide bonds. The lowest BCUT2D eigenvalue weighted by Crippen LogP contribution is -2.44. The molecule has 2 rings (SSSR count). The van der Waals surface area contributed by atoms with E-state index in [1.54, 1.807) is 24.3 Å². The van der Waals surface area contributed by atoms with Gasteiger partial charge < -0.3 is 9.64 Å². The third-order valence-electron chi connectivity index (χ3n) is 3.50. The summed E-state index contributed by atoms with van der Waals surface area (Å²) in [6, 6.07) is 7.07. The highest BCUT2D eigenvalue weighted by atomic mass is 16.5. The van der Waals surface area contributed by atoms with Gasteiger partial charge in [0, 0.05) is 18.2 Å². The Morgan fingerprint density at radius 2 is 2.11 bits per heavy atom. The maximum absolute atomic E-state index is 12.0. The summed E-state index contributed by atoms with van der Waals surface area (Å²) in [6.07, 6.45) is 4.12. The summed E-state index contributed by atoms with van der Waals surface area (Å²) >= 11 is 0. The number of benzene rings is 1. The van der Waals surface area contributed by atoms with Crippen molar-refractivity contribution in [1.82, 2.24) is 4.90 Å². The van der Waals surface area contributed by atoms with Gasteiger partial charge in [-0.25, -0.2) is 0 Å². The molecular formula is C15H19NO3. The second kappa shape index (κ2) is 6.36. The summed E-state index contributed by atoms with van der Waals surface area (Å²) in [6.45, 7) is 2.97. The van der Waals surface area contributed by atoms with Crippen LogP contribution in [0, 0.1) is 0 Å². The number of ether oxygens (including phenoxy) is 1. The minimum atomic E-state index is 0.0339. The minimum absolute atomic E-state index is 0.0339. The first-order valence-electron chi connectivity index (χ1n) is 6.68. The molecule has 0 saturated carbocycles. The van der Waals surface area contributed by atoms with Crippen LogP contribution in [0.4, 0.5) is 0 Å². The molecule has 0 bridgehead atoms. The van der Waals surface area contributed by atoms with Gasteiger partial charge in [0.15, 0.2) is 6.61 Å². The number of hydrogen-bond donors (Lipinski definition) is 0. The molecule has 19 heavy (non-hydrogen) atoms. The molecular weight excluding hydrogens is 242 g/mol. The second-order valence-corrected chi connectivity index (χ2v) is 4.91. The van der Waals surface area contributed by atoms with Crippen molar-refractivity contribution >= 4 is 12.2 Å². The molecule has 1 aliphatic heterocycles. The zero-order valence-electron chi connectivity index (χ0n) is 11.2. The Kier molecular flexibility index (Phi) is 4.55. The van der Waals surface area contributed by atoms with Gasteiger partial charge in [-0.2, -0.15) is 0 Å². The van der Waals surface area contributed by atoms with Crippen LogP contribution in [-0.2, 0) is 4.79 Å². The predicted octanol–water partition coefficient (Wildman–Crippen LogP) is 2.28. The van der Waals surface area contributed by atoms with Crippen LogP contribution in [0.2, 0.25) is 0 Å². The van der Waals surface area contributed by atoms with Gasteiger partial charge in [0.05, 0.1) is 0 Å². The van der Waals surface area contributed by atoms with Crippen LogP contribution >= 0.6 is 0 Å². The molecule has 1 aromatic rings. The maximum Gasteiger partial charge on any atom is 0.260 e. The van der Waals surface area contributed by atoms with Crippen molar-refractivity contribution in [2.24, 2.45) is 0 Å². The number of aldehydes is 1. The van der Waals surface area contributed by atoms with E-state index in [0.717, 1.165) is 25.7 Å². The number of likely N-dealkylation sites (tertiary alicyclic amines) is 1. The zero-order valence-corrected chi connectivity index (χ0v) is 11.2. The van der Waals surface area contributed by atoms with Crippen LogP contribution in [0.15, 0.2) is 24.3 Å². The molecule has 0 aromatic heterocycles. The number of nitrogens with zero attached hydrogens (tertiary/aromatic N) is 1. The monoisotopic (exact) mass is 261 g/mol. The smallest absolute Gasteiger partial charge is 0.260 e. The first-order valence-corrected chi connectivity index (χ1v) is 6.68. The third-order valence-corrected chi connectivity index (χ3v) is 3.50. The minimum Gasteiger partial charge on any atom is -0.484 e. The molecule has 1 aliphatic rings. The van der Waals surface area contributed by atoms with Crippen LogP contribution in [0.25, 0.3) is 0 Å². The summed E-state index contributed by atoms with van der Waals surface area (Å²) in [7, 11) is 0. The normalized spacial score (nSPS) is 19.0. The van der Waals surface area contributed by atoms with Crippen molar-refractivity contribution in [1.29, 1.82) is 0 Å². The number of hydrogen-bond acceptors (Lipinski definition) is 3. The van der Waals surface area contributed by atoms with E-state index in [9.17, 15) is 9.59 Å². The molecule has 1 heterocycles. The highest BCUT2D eigenvalue weighted by molar-refractivity contribution is 5.78. The van der Waals surface area contributed by atoms with Gasteiger partial charge in [-0.15, -0.1) is 0 Å². The topological polar surface area (TPSA) is 46.6 Å². The van der Waals surface area contributed by atoms with Crippen molar-refractivity contribution in [3.05, 3.63) is 29.8 Å². The second-order valence-electron chi connectivity index (χ2n) is 4.91. The van der Waals surface area contributed by atoms with Gasteiger partial charge in [0.25, 0.3) is 5.91 Å². The number of amides is 1. The van der Waals surface area contributed by atoms with Gasteiger partial charge in [-0.3, -0.25) is 9.59 Å². The summed E-state index contributed by atoms with van der Waals surface area (Å²) in [4.78, 5) is 24.5. The van der Waals surface area contributed by atoms with Crippen LogP contribution in [0.3, 0.4) is 0 Å². The quantitative estimate of drug-likeness (QED) is 0.781. The summed E-state index contributed by atoms with van der Waals surface area (Å²) in [5.41, 5.74) is 0.600. The van der Waals surface area contributed by atoms with E-state index in [4.69, 9.17) is 4.74 Å². The molecule has 0 radical (unpaired) electrons. The molecule has 4 nitrogen and oxygen atoms in total. The number of piperidine rings is 1. The van der Waals surface area contributed by atoms with Gasteiger partial charge in [-0.05, 0) is 50.5 Å². The molecule has 1 unspecified atom stereocenters. The summed E-state index contributed by atoms with van der Waals surface area (Å²) in [5, 5.41) is 0. The standard InChI is InChI=1S/C15H19NO3/c1-12-4-2-3-9-16(12)15(18)11-19-14-7-5-13(10-17)6-8-14/h5-8,10,12H,2-4,9,11H2,1H3. The van der Waals surface area contributed by atoms with Gasteiger partial charge in [-0.1, -0.05) is 0 Å². The molecule has 1 atom stereocenters. The Hall–Kier alpha value is -1.84. The average molecular weight is 261 g/mol. The molecule has 0 N–H and O–H groups in total. The summed E-state index contributed by atoms with van der Waals surface area (Å²) < 4.78 is 5.46. The largest absolute Gasteiger partial charge is 0.484 e. The van der Waals surface area contributed by atoms with Crippen LogP contribution in [0.5, 0.6) is 5.75 Å². The van der Waals surface area contributed by atoms with Gasteiger partial charge >= 0.3 is 0 Å². The van der Waals surface area contributed by atoms with Crippen molar-refractivity contribution in [2.45, 2.75) is 32.2 Å². The van der Waals surface area contributed by atoms with E-state index in [-0.39, 0.29) is 12.5 Å². The van der Waals surface area contributed by atoms with Crippen molar-refractivity contribution in [3.8, 4) is 5.75 Å². The van der Waals surface area contributed by atoms with Crippen molar-refractivity contribution in [3.63, 3.8) is 0 Å². The number of carbonyl (C=O) groups is 2. The fourth-order valence-corrected chi connectivity index (χ4v) is 2.34. The van der Waals surface area contributed by atoms with E-state index in [1.807, 2.05) is 4.90 Å². The predicted molar refractivity (Wildman–Crippen MR) is 72.4 cm³/mol. The van der Waals surface area contributed by atoms with Crippen LogP contribution in [-0.4, -0.2) is 36.3 Å². The van der Waals surface area contributed by atoms with E-state index in [2.05, 4.69) is 6.92 Å². The first-order chi connectivity index (χ1) is 9.20. The Labute approximate surface area is 113 Å². The Bertz CT molecular complexity index is 441. The fourth-order valence-electron chi connectivity index (χ4n) is 2.34. The third kappa shape index (κ3) is 3.56. The van der Waals surface area contributed by atoms with Crippen LogP contribution < -0.4 is 4.74 Å². The Balaban J connectivity index is 1.86. The van der Waals surface area contributed by atoms with E-state index in [0.29, 0.717) is 17.4 Å².